The second-order valence-electron chi connectivity index (χ2n) is 6.49. The van der Waals surface area contributed by atoms with Crippen molar-refractivity contribution in [2.24, 2.45) is 0 Å². The van der Waals surface area contributed by atoms with Gasteiger partial charge in [-0.3, -0.25) is 14.3 Å². The molecule has 3 rings (SSSR count). The van der Waals surface area contributed by atoms with Gasteiger partial charge in [0.2, 0.25) is 11.8 Å². The Kier molecular flexibility index (Phi) is 5.16. The van der Waals surface area contributed by atoms with Gasteiger partial charge >= 0.3 is 0 Å². The van der Waals surface area contributed by atoms with E-state index in [-0.39, 0.29) is 11.8 Å². The first-order valence-corrected chi connectivity index (χ1v) is 8.70. The van der Waals surface area contributed by atoms with E-state index >= 15 is 0 Å². The summed E-state index contributed by atoms with van der Waals surface area (Å²) in [5.41, 5.74) is 3.99. The van der Waals surface area contributed by atoms with E-state index in [9.17, 15) is 9.59 Å². The van der Waals surface area contributed by atoms with Crippen LogP contribution in [0.1, 0.15) is 36.2 Å². The van der Waals surface area contributed by atoms with E-state index in [1.807, 2.05) is 53.8 Å². The molecule has 0 saturated carbocycles. The van der Waals surface area contributed by atoms with Gasteiger partial charge in [0.05, 0.1) is 5.69 Å². The van der Waals surface area contributed by atoms with Crippen molar-refractivity contribution in [3.63, 3.8) is 0 Å². The van der Waals surface area contributed by atoms with Crippen LogP contribution in [-0.4, -0.2) is 28.1 Å². The lowest BCUT2D eigenvalue weighted by Crippen LogP contribution is -2.25. The molecular formula is C19H24N4O2. The zero-order valence-corrected chi connectivity index (χ0v) is 14.8. The fourth-order valence-corrected chi connectivity index (χ4v) is 3.11. The van der Waals surface area contributed by atoms with Gasteiger partial charge < -0.3 is 10.2 Å². The first kappa shape index (κ1) is 17.2. The van der Waals surface area contributed by atoms with Crippen LogP contribution in [0.25, 0.3) is 0 Å². The molecule has 25 heavy (non-hydrogen) atoms. The summed E-state index contributed by atoms with van der Waals surface area (Å²) < 4.78 is 1.86. The number of rotatable bonds is 6. The minimum absolute atomic E-state index is 0.00588. The maximum Gasteiger partial charge on any atom is 0.227 e. The summed E-state index contributed by atoms with van der Waals surface area (Å²) in [6, 6.07) is 9.82. The van der Waals surface area contributed by atoms with Crippen LogP contribution in [0.5, 0.6) is 0 Å². The normalized spacial score (nSPS) is 14.2. The summed E-state index contributed by atoms with van der Waals surface area (Å²) in [5, 5.41) is 7.29. The van der Waals surface area contributed by atoms with E-state index in [0.29, 0.717) is 25.9 Å². The number of amides is 2. The standard InChI is InChI=1S/C19H24N4O2/c1-14-12-15(2)23(21-14)11-9-18(24)20-13-16-5-7-17(8-6-16)22-10-3-4-19(22)25/h5-8,12H,3-4,9-11,13H2,1-2H3,(H,20,24). The van der Waals surface area contributed by atoms with E-state index in [1.54, 1.807) is 0 Å². The van der Waals surface area contributed by atoms with Gasteiger partial charge in [-0.25, -0.2) is 0 Å². The second kappa shape index (κ2) is 7.51. The SMILES string of the molecule is Cc1cc(C)n(CCC(=O)NCc2ccc(N3CCCC3=O)cc2)n1. The van der Waals surface area contributed by atoms with E-state index in [2.05, 4.69) is 10.4 Å². The van der Waals surface area contributed by atoms with Gasteiger partial charge in [-0.2, -0.15) is 5.10 Å². The highest BCUT2D eigenvalue weighted by Gasteiger charge is 2.21. The lowest BCUT2D eigenvalue weighted by atomic mass is 10.2. The summed E-state index contributed by atoms with van der Waals surface area (Å²) in [6.07, 6.45) is 1.96. The van der Waals surface area contributed by atoms with Gasteiger partial charge in [-0.15, -0.1) is 0 Å². The number of aromatic nitrogens is 2. The first-order valence-electron chi connectivity index (χ1n) is 8.70. The molecule has 1 saturated heterocycles. The summed E-state index contributed by atoms with van der Waals surface area (Å²) in [4.78, 5) is 25.6. The lowest BCUT2D eigenvalue weighted by Gasteiger charge is -2.16. The highest BCUT2D eigenvalue weighted by atomic mass is 16.2. The molecule has 0 aliphatic carbocycles. The molecule has 2 aromatic rings. The van der Waals surface area contributed by atoms with Crippen molar-refractivity contribution in [3.8, 4) is 0 Å². The molecule has 6 heteroatoms. The van der Waals surface area contributed by atoms with Gasteiger partial charge in [-0.05, 0) is 44.0 Å². The maximum absolute atomic E-state index is 12.0. The van der Waals surface area contributed by atoms with E-state index in [1.165, 1.54) is 0 Å². The molecule has 0 unspecified atom stereocenters. The smallest absolute Gasteiger partial charge is 0.227 e. The maximum atomic E-state index is 12.0. The Balaban J connectivity index is 1.47. The Hall–Kier alpha value is -2.63. The highest BCUT2D eigenvalue weighted by Crippen LogP contribution is 2.21. The van der Waals surface area contributed by atoms with Crippen LogP contribution < -0.4 is 10.2 Å². The fraction of sp³-hybridized carbons (Fsp3) is 0.421. The van der Waals surface area contributed by atoms with Crippen LogP contribution in [0.3, 0.4) is 0 Å². The number of benzene rings is 1. The minimum Gasteiger partial charge on any atom is -0.352 e. The van der Waals surface area contributed by atoms with E-state index in [0.717, 1.165) is 35.6 Å². The van der Waals surface area contributed by atoms with Crippen molar-refractivity contribution in [3.05, 3.63) is 47.3 Å². The van der Waals surface area contributed by atoms with E-state index < -0.39 is 0 Å². The molecule has 1 fully saturated rings. The number of hydrogen-bond donors (Lipinski definition) is 1. The third kappa shape index (κ3) is 4.26. The molecule has 1 aliphatic rings. The highest BCUT2D eigenvalue weighted by molar-refractivity contribution is 5.95. The number of carbonyl (C=O) groups is 2. The van der Waals surface area contributed by atoms with Crippen LogP contribution in [-0.2, 0) is 22.7 Å². The zero-order valence-electron chi connectivity index (χ0n) is 14.8. The molecule has 0 bridgehead atoms. The van der Waals surface area contributed by atoms with Gasteiger partial charge in [-0.1, -0.05) is 12.1 Å². The molecule has 1 N–H and O–H groups in total. The largest absolute Gasteiger partial charge is 0.352 e. The Morgan fingerprint density at radius 2 is 2.00 bits per heavy atom. The molecular weight excluding hydrogens is 316 g/mol. The molecule has 2 heterocycles. The van der Waals surface area contributed by atoms with E-state index in [4.69, 9.17) is 0 Å². The van der Waals surface area contributed by atoms with Crippen LogP contribution in [0, 0.1) is 13.8 Å². The Morgan fingerprint density at radius 1 is 1.24 bits per heavy atom. The van der Waals surface area contributed by atoms with Crippen LogP contribution in [0.4, 0.5) is 5.69 Å². The van der Waals surface area contributed by atoms with Crippen LogP contribution in [0.15, 0.2) is 30.3 Å². The molecule has 0 atom stereocenters. The van der Waals surface area contributed by atoms with Crippen molar-refractivity contribution >= 4 is 17.5 Å². The minimum atomic E-state index is 0.00588. The molecule has 0 spiro atoms. The van der Waals surface area contributed by atoms with Crippen LogP contribution >= 0.6 is 0 Å². The number of aryl methyl sites for hydroxylation is 3. The Labute approximate surface area is 147 Å². The Bertz CT molecular complexity index is 764. The fourth-order valence-electron chi connectivity index (χ4n) is 3.11. The van der Waals surface area contributed by atoms with Crippen molar-refractivity contribution in [1.29, 1.82) is 0 Å². The number of nitrogens with one attached hydrogen (secondary N) is 1. The quantitative estimate of drug-likeness (QED) is 0.878. The average Bonchev–Trinajstić information content (AvgIpc) is 3.16. The monoisotopic (exact) mass is 340 g/mol. The third-order valence-corrected chi connectivity index (χ3v) is 4.47. The number of carbonyl (C=O) groups excluding carboxylic acids is 2. The average molecular weight is 340 g/mol. The molecule has 0 radical (unpaired) electrons. The van der Waals surface area contributed by atoms with Gasteiger partial charge in [0.1, 0.15) is 0 Å². The third-order valence-electron chi connectivity index (χ3n) is 4.47. The first-order chi connectivity index (χ1) is 12.0. The van der Waals surface area contributed by atoms with Gasteiger partial charge in [0.25, 0.3) is 0 Å². The lowest BCUT2D eigenvalue weighted by molar-refractivity contribution is -0.121. The summed E-state index contributed by atoms with van der Waals surface area (Å²) in [5.74, 6) is 0.191. The molecule has 1 aromatic heterocycles. The second-order valence-corrected chi connectivity index (χ2v) is 6.49. The number of anilines is 1. The molecule has 2 amide bonds. The molecule has 1 aliphatic heterocycles. The summed E-state index contributed by atoms with van der Waals surface area (Å²) in [7, 11) is 0. The zero-order chi connectivity index (χ0) is 17.8. The number of hydrogen-bond acceptors (Lipinski definition) is 3. The number of nitrogens with zero attached hydrogens (tertiary/aromatic N) is 3. The molecule has 1 aromatic carbocycles. The van der Waals surface area contributed by atoms with Crippen molar-refractivity contribution in [2.75, 3.05) is 11.4 Å². The topological polar surface area (TPSA) is 67.2 Å². The van der Waals surface area contributed by atoms with Crippen molar-refractivity contribution in [2.45, 2.75) is 46.2 Å². The predicted molar refractivity (Wildman–Crippen MR) is 96.2 cm³/mol. The van der Waals surface area contributed by atoms with Crippen molar-refractivity contribution < 1.29 is 9.59 Å². The van der Waals surface area contributed by atoms with Crippen molar-refractivity contribution in [1.82, 2.24) is 15.1 Å². The Morgan fingerprint density at radius 3 is 2.60 bits per heavy atom. The summed E-state index contributed by atoms with van der Waals surface area (Å²) in [6.45, 7) is 5.81. The predicted octanol–water partition coefficient (Wildman–Crippen LogP) is 2.33. The van der Waals surface area contributed by atoms with Gasteiger partial charge in [0, 0.05) is 43.9 Å². The van der Waals surface area contributed by atoms with Gasteiger partial charge in [0.15, 0.2) is 0 Å². The van der Waals surface area contributed by atoms with Crippen LogP contribution in [0.2, 0.25) is 0 Å². The summed E-state index contributed by atoms with van der Waals surface area (Å²) >= 11 is 0. The molecule has 6 nitrogen and oxygen atoms in total. The molecule has 132 valence electrons.